The van der Waals surface area contributed by atoms with Crippen LogP contribution < -0.4 is 4.74 Å². The van der Waals surface area contributed by atoms with Crippen molar-refractivity contribution in [2.24, 2.45) is 0 Å². The van der Waals surface area contributed by atoms with Crippen LogP contribution in [0, 0.1) is 0 Å². The lowest BCUT2D eigenvalue weighted by atomic mass is 9.96. The normalized spacial score (nSPS) is 19.1. The van der Waals surface area contributed by atoms with Crippen LogP contribution in [0.25, 0.3) is 0 Å². The van der Waals surface area contributed by atoms with Crippen molar-refractivity contribution in [3.63, 3.8) is 0 Å². The number of benzene rings is 1. The molecule has 0 unspecified atom stereocenters. The molecule has 0 aliphatic heterocycles. The number of hydrogen-bond acceptors (Lipinski definition) is 2. The third-order valence-corrected chi connectivity index (χ3v) is 3.68. The van der Waals surface area contributed by atoms with E-state index in [1.807, 2.05) is 6.92 Å². The minimum absolute atomic E-state index is 0.619. The number of ether oxygens (including phenoxy) is 1. The van der Waals surface area contributed by atoms with E-state index in [0.717, 1.165) is 23.5 Å². The van der Waals surface area contributed by atoms with E-state index in [9.17, 15) is 4.79 Å². The third kappa shape index (κ3) is 2.08. The minimum Gasteiger partial charge on any atom is -0.493 e. The highest BCUT2D eigenvalue weighted by molar-refractivity contribution is 5.80. The third-order valence-electron chi connectivity index (χ3n) is 3.68. The molecular formula is C15H18O2. The van der Waals surface area contributed by atoms with Crippen LogP contribution in [0.3, 0.4) is 0 Å². The molecule has 2 heteroatoms. The number of rotatable bonds is 5. The summed E-state index contributed by atoms with van der Waals surface area (Å²) in [5, 5.41) is 0. The fourth-order valence-corrected chi connectivity index (χ4v) is 2.50. The van der Waals surface area contributed by atoms with E-state index in [0.29, 0.717) is 12.5 Å². The van der Waals surface area contributed by atoms with E-state index >= 15 is 0 Å². The van der Waals surface area contributed by atoms with E-state index in [1.54, 1.807) is 0 Å². The molecule has 2 nitrogen and oxygen atoms in total. The standard InChI is InChI=1S/C15H18O2/c1-2-17-15-8-14(11-5-6-11)13(10-3-4-10)7-12(15)9-16/h7-11H,2-6H2,1H3. The first-order valence-electron chi connectivity index (χ1n) is 6.59. The molecule has 0 aromatic heterocycles. The molecule has 2 aliphatic carbocycles. The van der Waals surface area contributed by atoms with Crippen molar-refractivity contribution in [2.75, 3.05) is 6.61 Å². The quantitative estimate of drug-likeness (QED) is 0.722. The summed E-state index contributed by atoms with van der Waals surface area (Å²) in [5.41, 5.74) is 3.58. The molecule has 1 aromatic rings. The lowest BCUT2D eigenvalue weighted by Crippen LogP contribution is -2.00. The summed E-state index contributed by atoms with van der Waals surface area (Å²) in [4.78, 5) is 11.1. The second kappa shape index (κ2) is 4.17. The predicted octanol–water partition coefficient (Wildman–Crippen LogP) is 3.65. The summed E-state index contributed by atoms with van der Waals surface area (Å²) in [6.45, 7) is 2.58. The molecule has 0 atom stereocenters. The van der Waals surface area contributed by atoms with Gasteiger partial charge in [0.2, 0.25) is 0 Å². The summed E-state index contributed by atoms with van der Waals surface area (Å²) in [6, 6.07) is 4.20. The zero-order valence-electron chi connectivity index (χ0n) is 10.2. The van der Waals surface area contributed by atoms with E-state index < -0.39 is 0 Å². The first-order chi connectivity index (χ1) is 8.33. The van der Waals surface area contributed by atoms with Crippen LogP contribution in [0.1, 0.15) is 65.9 Å². The second-order valence-corrected chi connectivity index (χ2v) is 5.12. The summed E-state index contributed by atoms with van der Waals surface area (Å²) in [6.07, 6.45) is 6.09. The second-order valence-electron chi connectivity index (χ2n) is 5.12. The lowest BCUT2D eigenvalue weighted by Gasteiger charge is -2.13. The molecule has 2 aliphatic rings. The number of hydrogen-bond donors (Lipinski definition) is 0. The van der Waals surface area contributed by atoms with Gasteiger partial charge < -0.3 is 4.74 Å². The zero-order valence-corrected chi connectivity index (χ0v) is 10.2. The molecule has 17 heavy (non-hydrogen) atoms. The molecule has 2 saturated carbocycles. The van der Waals surface area contributed by atoms with Crippen molar-refractivity contribution in [1.29, 1.82) is 0 Å². The Hall–Kier alpha value is -1.31. The van der Waals surface area contributed by atoms with Crippen LogP contribution in [-0.4, -0.2) is 12.9 Å². The van der Waals surface area contributed by atoms with Crippen LogP contribution in [0.15, 0.2) is 12.1 Å². The fourth-order valence-electron chi connectivity index (χ4n) is 2.50. The van der Waals surface area contributed by atoms with Gasteiger partial charge in [0.05, 0.1) is 12.2 Å². The van der Waals surface area contributed by atoms with Crippen LogP contribution >= 0.6 is 0 Å². The highest BCUT2D eigenvalue weighted by Crippen LogP contribution is 2.50. The number of carbonyl (C=O) groups excluding carboxylic acids is 1. The molecule has 90 valence electrons. The molecule has 0 spiro atoms. The minimum atomic E-state index is 0.619. The van der Waals surface area contributed by atoms with Gasteiger partial charge in [0.15, 0.2) is 6.29 Å². The van der Waals surface area contributed by atoms with Crippen molar-refractivity contribution in [1.82, 2.24) is 0 Å². The smallest absolute Gasteiger partial charge is 0.153 e. The maximum atomic E-state index is 11.1. The summed E-state index contributed by atoms with van der Waals surface area (Å²) in [5.74, 6) is 2.21. The monoisotopic (exact) mass is 230 g/mol. The molecule has 1 aromatic carbocycles. The Morgan fingerprint density at radius 3 is 2.24 bits per heavy atom. The van der Waals surface area contributed by atoms with Gasteiger partial charge in [-0.05, 0) is 67.7 Å². The van der Waals surface area contributed by atoms with Gasteiger partial charge in [0.1, 0.15) is 5.75 Å². The van der Waals surface area contributed by atoms with Crippen LogP contribution in [0.4, 0.5) is 0 Å². The molecule has 0 heterocycles. The Kier molecular flexibility index (Phi) is 2.65. The average molecular weight is 230 g/mol. The molecule has 3 rings (SSSR count). The highest BCUT2D eigenvalue weighted by atomic mass is 16.5. The average Bonchev–Trinajstić information content (AvgIpc) is 3.18. The summed E-state index contributed by atoms with van der Waals surface area (Å²) >= 11 is 0. The molecule has 0 bridgehead atoms. The molecule has 0 N–H and O–H groups in total. The van der Waals surface area contributed by atoms with Gasteiger partial charge in [-0.25, -0.2) is 0 Å². The van der Waals surface area contributed by atoms with Crippen molar-refractivity contribution in [2.45, 2.75) is 44.4 Å². The van der Waals surface area contributed by atoms with Gasteiger partial charge in [0.25, 0.3) is 0 Å². The summed E-state index contributed by atoms with van der Waals surface area (Å²) < 4.78 is 5.57. The van der Waals surface area contributed by atoms with Crippen LogP contribution in [0.5, 0.6) is 5.75 Å². The largest absolute Gasteiger partial charge is 0.493 e. The molecule has 0 radical (unpaired) electrons. The highest BCUT2D eigenvalue weighted by Gasteiger charge is 2.33. The Labute approximate surface area is 102 Å². The molecule has 0 amide bonds. The lowest BCUT2D eigenvalue weighted by molar-refractivity contribution is 0.111. The first kappa shape index (κ1) is 10.8. The molecule has 2 fully saturated rings. The number of aldehydes is 1. The SMILES string of the molecule is CCOc1cc(C2CC2)c(C2CC2)cc1C=O. The van der Waals surface area contributed by atoms with Gasteiger partial charge >= 0.3 is 0 Å². The Bertz CT molecular complexity index is 442. The molecular weight excluding hydrogens is 212 g/mol. The van der Waals surface area contributed by atoms with Gasteiger partial charge in [-0.1, -0.05) is 0 Å². The van der Waals surface area contributed by atoms with Gasteiger partial charge in [-0.15, -0.1) is 0 Å². The Morgan fingerprint density at radius 1 is 1.18 bits per heavy atom. The summed E-state index contributed by atoms with van der Waals surface area (Å²) in [7, 11) is 0. The van der Waals surface area contributed by atoms with E-state index in [4.69, 9.17) is 4.74 Å². The zero-order chi connectivity index (χ0) is 11.8. The Balaban J connectivity index is 2.04. The van der Waals surface area contributed by atoms with Crippen molar-refractivity contribution in [3.8, 4) is 5.75 Å². The first-order valence-corrected chi connectivity index (χ1v) is 6.59. The van der Waals surface area contributed by atoms with Gasteiger partial charge in [-0.2, -0.15) is 0 Å². The van der Waals surface area contributed by atoms with Crippen molar-refractivity contribution >= 4 is 6.29 Å². The van der Waals surface area contributed by atoms with E-state index in [1.165, 1.54) is 36.8 Å². The maximum Gasteiger partial charge on any atom is 0.153 e. The topological polar surface area (TPSA) is 26.3 Å². The van der Waals surface area contributed by atoms with Gasteiger partial charge in [-0.3, -0.25) is 4.79 Å². The fraction of sp³-hybridized carbons (Fsp3) is 0.533. The Morgan fingerprint density at radius 2 is 1.76 bits per heavy atom. The maximum absolute atomic E-state index is 11.1. The van der Waals surface area contributed by atoms with Crippen LogP contribution in [0.2, 0.25) is 0 Å². The molecule has 0 saturated heterocycles. The van der Waals surface area contributed by atoms with Crippen LogP contribution in [-0.2, 0) is 0 Å². The number of carbonyl (C=O) groups is 1. The van der Waals surface area contributed by atoms with E-state index in [-0.39, 0.29) is 0 Å². The van der Waals surface area contributed by atoms with Crippen molar-refractivity contribution in [3.05, 3.63) is 28.8 Å². The van der Waals surface area contributed by atoms with E-state index in [2.05, 4.69) is 12.1 Å². The van der Waals surface area contributed by atoms with Crippen molar-refractivity contribution < 1.29 is 9.53 Å². The predicted molar refractivity (Wildman–Crippen MR) is 66.9 cm³/mol. The van der Waals surface area contributed by atoms with Gasteiger partial charge in [0, 0.05) is 0 Å².